The van der Waals surface area contributed by atoms with Gasteiger partial charge in [0.05, 0.1) is 0 Å². The lowest BCUT2D eigenvalue weighted by Gasteiger charge is -2.29. The SMILES string of the molecule is FC(F)(F)C(F)(F)C(F)(F)c1[c]ccc2ccccc12. The van der Waals surface area contributed by atoms with Gasteiger partial charge in [0.1, 0.15) is 0 Å². The highest BCUT2D eigenvalue weighted by atomic mass is 19.4. The fourth-order valence-corrected chi connectivity index (χ4v) is 1.76. The quantitative estimate of drug-likeness (QED) is 0.689. The molecule has 1 radical (unpaired) electrons. The van der Waals surface area contributed by atoms with Gasteiger partial charge in [0.25, 0.3) is 0 Å². The molecule has 0 nitrogen and oxygen atoms in total. The average molecular weight is 295 g/mol. The average Bonchev–Trinajstić information content (AvgIpc) is 2.36. The molecule has 0 fully saturated rings. The molecular weight excluding hydrogens is 289 g/mol. The van der Waals surface area contributed by atoms with Crippen molar-refractivity contribution in [2.24, 2.45) is 0 Å². The molecule has 0 heterocycles. The summed E-state index contributed by atoms with van der Waals surface area (Å²) in [4.78, 5) is 0. The van der Waals surface area contributed by atoms with Crippen LogP contribution in [0.2, 0.25) is 0 Å². The molecule has 107 valence electrons. The Bertz CT molecular complexity index is 623. The van der Waals surface area contributed by atoms with Crippen LogP contribution in [-0.2, 0) is 5.92 Å². The molecule has 0 amide bonds. The maximum atomic E-state index is 13.7. The molecule has 20 heavy (non-hydrogen) atoms. The zero-order chi connectivity index (χ0) is 15.2. The van der Waals surface area contributed by atoms with E-state index < -0.39 is 29.0 Å². The van der Waals surface area contributed by atoms with Gasteiger partial charge in [0.15, 0.2) is 0 Å². The van der Waals surface area contributed by atoms with E-state index in [1.165, 1.54) is 24.3 Å². The van der Waals surface area contributed by atoms with Crippen molar-refractivity contribution >= 4 is 10.8 Å². The van der Waals surface area contributed by atoms with Crippen molar-refractivity contribution in [1.29, 1.82) is 0 Å². The fraction of sp³-hybridized carbons (Fsp3) is 0.231. The summed E-state index contributed by atoms with van der Waals surface area (Å²) < 4.78 is 89.9. The number of benzene rings is 2. The second-order valence-corrected chi connectivity index (χ2v) is 4.09. The maximum absolute atomic E-state index is 13.7. The summed E-state index contributed by atoms with van der Waals surface area (Å²) >= 11 is 0. The Hall–Kier alpha value is -1.79. The Labute approximate surface area is 108 Å². The number of fused-ring (bicyclic) bond motifs is 1. The van der Waals surface area contributed by atoms with Crippen molar-refractivity contribution in [2.45, 2.75) is 18.0 Å². The van der Waals surface area contributed by atoms with Crippen LogP contribution in [0.3, 0.4) is 0 Å². The Morgan fingerprint density at radius 3 is 2.00 bits per heavy atom. The fourth-order valence-electron chi connectivity index (χ4n) is 1.76. The van der Waals surface area contributed by atoms with Crippen LogP contribution in [0.15, 0.2) is 36.4 Å². The highest BCUT2D eigenvalue weighted by Gasteiger charge is 2.73. The van der Waals surface area contributed by atoms with Gasteiger partial charge in [-0.3, -0.25) is 0 Å². The van der Waals surface area contributed by atoms with E-state index in [4.69, 9.17) is 0 Å². The van der Waals surface area contributed by atoms with Gasteiger partial charge >= 0.3 is 18.0 Å². The normalized spacial score (nSPS) is 13.8. The number of halogens is 7. The smallest absolute Gasteiger partial charge is 0.194 e. The number of rotatable bonds is 2. The van der Waals surface area contributed by atoms with Gasteiger partial charge < -0.3 is 0 Å². The summed E-state index contributed by atoms with van der Waals surface area (Å²) in [7, 11) is 0. The van der Waals surface area contributed by atoms with Gasteiger partial charge in [0, 0.05) is 5.56 Å². The summed E-state index contributed by atoms with van der Waals surface area (Å²) in [6.45, 7) is 0. The first kappa shape index (κ1) is 14.6. The number of alkyl halides is 7. The second-order valence-electron chi connectivity index (χ2n) is 4.09. The summed E-state index contributed by atoms with van der Waals surface area (Å²) in [5.74, 6) is -11.6. The molecular formula is C13H6F7. The van der Waals surface area contributed by atoms with Gasteiger partial charge in [0.2, 0.25) is 0 Å². The molecule has 0 N–H and O–H groups in total. The zero-order valence-electron chi connectivity index (χ0n) is 9.61. The van der Waals surface area contributed by atoms with E-state index in [9.17, 15) is 30.7 Å². The van der Waals surface area contributed by atoms with Crippen molar-refractivity contribution in [3.8, 4) is 0 Å². The van der Waals surface area contributed by atoms with Crippen LogP contribution in [0, 0.1) is 6.07 Å². The Kier molecular flexibility index (Phi) is 3.19. The molecule has 0 aromatic heterocycles. The molecule has 7 heteroatoms. The minimum absolute atomic E-state index is 0.124. The maximum Gasteiger partial charge on any atom is 0.460 e. The molecule has 0 bridgehead atoms. The van der Waals surface area contributed by atoms with Crippen molar-refractivity contribution in [3.63, 3.8) is 0 Å². The van der Waals surface area contributed by atoms with Crippen molar-refractivity contribution in [2.75, 3.05) is 0 Å². The first-order valence-corrected chi connectivity index (χ1v) is 5.31. The van der Waals surface area contributed by atoms with Crippen molar-refractivity contribution < 1.29 is 30.7 Å². The molecule has 0 aliphatic rings. The van der Waals surface area contributed by atoms with Crippen LogP contribution in [0.4, 0.5) is 30.7 Å². The molecule has 2 rings (SSSR count). The summed E-state index contributed by atoms with van der Waals surface area (Å²) in [6.07, 6.45) is -6.36. The Balaban J connectivity index is 2.69. The molecule has 0 spiro atoms. The summed E-state index contributed by atoms with van der Waals surface area (Å²) in [5.41, 5.74) is -1.47. The van der Waals surface area contributed by atoms with Crippen LogP contribution in [0.25, 0.3) is 10.8 Å². The van der Waals surface area contributed by atoms with Gasteiger partial charge in [-0.15, -0.1) is 0 Å². The summed E-state index contributed by atoms with van der Waals surface area (Å²) in [5, 5.41) is -0.275. The third kappa shape index (κ3) is 2.01. The van der Waals surface area contributed by atoms with Gasteiger partial charge in [-0.2, -0.15) is 30.7 Å². The van der Waals surface area contributed by atoms with Crippen LogP contribution in [-0.4, -0.2) is 12.1 Å². The lowest BCUT2D eigenvalue weighted by Crippen LogP contribution is -2.50. The minimum atomic E-state index is -6.36. The van der Waals surface area contributed by atoms with Gasteiger partial charge in [-0.1, -0.05) is 36.4 Å². The van der Waals surface area contributed by atoms with Crippen LogP contribution < -0.4 is 0 Å². The molecule has 0 aliphatic carbocycles. The zero-order valence-corrected chi connectivity index (χ0v) is 9.61. The third-order valence-corrected chi connectivity index (χ3v) is 2.79. The molecule has 0 unspecified atom stereocenters. The predicted octanol–water partition coefficient (Wildman–Crippen LogP) is 4.93. The largest absolute Gasteiger partial charge is 0.460 e. The first-order valence-electron chi connectivity index (χ1n) is 5.31. The van der Waals surface area contributed by atoms with Crippen LogP contribution >= 0.6 is 0 Å². The van der Waals surface area contributed by atoms with E-state index in [1.807, 2.05) is 0 Å². The first-order chi connectivity index (χ1) is 9.09. The van der Waals surface area contributed by atoms with Crippen molar-refractivity contribution in [1.82, 2.24) is 0 Å². The van der Waals surface area contributed by atoms with Crippen LogP contribution in [0.1, 0.15) is 5.56 Å². The highest BCUT2D eigenvalue weighted by Crippen LogP contribution is 2.52. The lowest BCUT2D eigenvalue weighted by molar-refractivity contribution is -0.359. The molecule has 2 aromatic carbocycles. The standard InChI is InChI=1S/C13H6F7/c14-11(15,12(16,17)13(18,19)20)10-7-3-5-8-4-1-2-6-9(8)10/h1-6H. The van der Waals surface area contributed by atoms with E-state index >= 15 is 0 Å². The van der Waals surface area contributed by atoms with Crippen molar-refractivity contribution in [3.05, 3.63) is 48.0 Å². The molecule has 0 atom stereocenters. The van der Waals surface area contributed by atoms with E-state index in [0.717, 1.165) is 12.1 Å². The molecule has 0 saturated carbocycles. The van der Waals surface area contributed by atoms with E-state index in [0.29, 0.717) is 0 Å². The van der Waals surface area contributed by atoms with Gasteiger partial charge in [-0.05, 0) is 16.8 Å². The molecule has 0 aliphatic heterocycles. The van der Waals surface area contributed by atoms with E-state index in [1.54, 1.807) is 6.07 Å². The topological polar surface area (TPSA) is 0 Å². The second kappa shape index (κ2) is 4.36. The third-order valence-electron chi connectivity index (χ3n) is 2.79. The highest BCUT2D eigenvalue weighted by molar-refractivity contribution is 5.86. The number of hydrogen-bond donors (Lipinski definition) is 0. The molecule has 0 saturated heterocycles. The van der Waals surface area contributed by atoms with E-state index in [-0.39, 0.29) is 5.39 Å². The van der Waals surface area contributed by atoms with E-state index in [2.05, 4.69) is 0 Å². The minimum Gasteiger partial charge on any atom is -0.194 e. The van der Waals surface area contributed by atoms with Gasteiger partial charge in [-0.25, -0.2) is 0 Å². The molecule has 2 aromatic rings. The number of hydrogen-bond acceptors (Lipinski definition) is 0. The lowest BCUT2D eigenvalue weighted by atomic mass is 9.95. The van der Waals surface area contributed by atoms with Crippen LogP contribution in [0.5, 0.6) is 0 Å². The monoisotopic (exact) mass is 295 g/mol. The predicted molar refractivity (Wildman–Crippen MR) is 57.7 cm³/mol. The Morgan fingerprint density at radius 2 is 1.40 bits per heavy atom. The summed E-state index contributed by atoms with van der Waals surface area (Å²) in [6, 6.07) is 9.07. The Morgan fingerprint density at radius 1 is 0.800 bits per heavy atom.